The van der Waals surface area contributed by atoms with E-state index in [0.29, 0.717) is 22.5 Å². The normalized spacial score (nSPS) is 19.3. The third-order valence-corrected chi connectivity index (χ3v) is 3.50. The molecule has 17 heavy (non-hydrogen) atoms. The summed E-state index contributed by atoms with van der Waals surface area (Å²) in [6.45, 7) is 2.64. The van der Waals surface area contributed by atoms with Crippen LogP contribution in [0.25, 0.3) is 0 Å². The monoisotopic (exact) mass is 300 g/mol. The van der Waals surface area contributed by atoms with Gasteiger partial charge in [0.1, 0.15) is 5.82 Å². The molecule has 1 atom stereocenters. The predicted octanol–water partition coefficient (Wildman–Crippen LogP) is 1.93. The minimum atomic E-state index is -0.360. The fourth-order valence-corrected chi connectivity index (χ4v) is 2.24. The molecule has 0 aromatic heterocycles. The molecule has 2 N–H and O–H groups in total. The highest BCUT2D eigenvalue weighted by Gasteiger charge is 2.16. The Labute approximate surface area is 108 Å². The van der Waals surface area contributed by atoms with Gasteiger partial charge in [-0.15, -0.1) is 0 Å². The molecule has 1 saturated heterocycles. The van der Waals surface area contributed by atoms with Crippen molar-refractivity contribution in [3.63, 3.8) is 0 Å². The van der Waals surface area contributed by atoms with Crippen molar-refractivity contribution in [1.29, 1.82) is 0 Å². The van der Waals surface area contributed by atoms with Crippen LogP contribution in [-0.4, -0.2) is 25.5 Å². The fourth-order valence-electron chi connectivity index (χ4n) is 1.87. The van der Waals surface area contributed by atoms with Crippen molar-refractivity contribution in [2.75, 3.05) is 19.6 Å². The van der Waals surface area contributed by atoms with Gasteiger partial charge in [0.25, 0.3) is 5.91 Å². The van der Waals surface area contributed by atoms with E-state index >= 15 is 0 Å². The summed E-state index contributed by atoms with van der Waals surface area (Å²) < 4.78 is 13.3. The molecule has 0 spiro atoms. The van der Waals surface area contributed by atoms with Gasteiger partial charge in [0.05, 0.1) is 4.47 Å². The first-order chi connectivity index (χ1) is 8.16. The van der Waals surface area contributed by atoms with Gasteiger partial charge in [0.2, 0.25) is 0 Å². The molecule has 1 unspecified atom stereocenters. The van der Waals surface area contributed by atoms with Gasteiger partial charge in [0.15, 0.2) is 0 Å². The number of nitrogens with one attached hydrogen (secondary N) is 2. The zero-order valence-electron chi connectivity index (χ0n) is 9.30. The Kier molecular flexibility index (Phi) is 4.12. The maximum atomic E-state index is 13.0. The molecule has 1 heterocycles. The van der Waals surface area contributed by atoms with E-state index < -0.39 is 0 Å². The van der Waals surface area contributed by atoms with Crippen LogP contribution in [-0.2, 0) is 0 Å². The Bertz CT molecular complexity index is 419. The quantitative estimate of drug-likeness (QED) is 0.895. The fraction of sp³-hybridized carbons (Fsp3) is 0.417. The molecule has 1 aliphatic rings. The molecule has 1 amide bonds. The first-order valence-electron chi connectivity index (χ1n) is 5.61. The topological polar surface area (TPSA) is 41.1 Å². The highest BCUT2D eigenvalue weighted by molar-refractivity contribution is 9.10. The number of halogens is 2. The lowest BCUT2D eigenvalue weighted by molar-refractivity contribution is 0.0948. The molecule has 1 aromatic carbocycles. The Morgan fingerprint density at radius 2 is 2.41 bits per heavy atom. The molecule has 0 saturated carbocycles. The molecule has 92 valence electrons. The van der Waals surface area contributed by atoms with Crippen LogP contribution in [0.3, 0.4) is 0 Å². The zero-order valence-corrected chi connectivity index (χ0v) is 10.9. The van der Waals surface area contributed by atoms with Gasteiger partial charge in [-0.05, 0) is 59.6 Å². The average Bonchev–Trinajstić information content (AvgIpc) is 2.82. The van der Waals surface area contributed by atoms with Crippen molar-refractivity contribution in [3.05, 3.63) is 34.1 Å². The summed E-state index contributed by atoms with van der Waals surface area (Å²) in [6, 6.07) is 4.27. The van der Waals surface area contributed by atoms with E-state index in [4.69, 9.17) is 0 Å². The first-order valence-corrected chi connectivity index (χ1v) is 6.40. The number of amides is 1. The van der Waals surface area contributed by atoms with Gasteiger partial charge in [-0.2, -0.15) is 0 Å². The van der Waals surface area contributed by atoms with E-state index in [0.717, 1.165) is 19.5 Å². The molecule has 1 aliphatic heterocycles. The lowest BCUT2D eigenvalue weighted by atomic mass is 10.1. The second-order valence-electron chi connectivity index (χ2n) is 4.20. The van der Waals surface area contributed by atoms with Crippen molar-refractivity contribution >= 4 is 21.8 Å². The molecule has 0 radical (unpaired) electrons. The number of carbonyl (C=O) groups excluding carboxylic acids is 1. The molecule has 0 aliphatic carbocycles. The van der Waals surface area contributed by atoms with Crippen molar-refractivity contribution < 1.29 is 9.18 Å². The molecule has 2 rings (SSSR count). The molecular weight excluding hydrogens is 287 g/mol. The summed E-state index contributed by atoms with van der Waals surface area (Å²) >= 11 is 3.07. The summed E-state index contributed by atoms with van der Waals surface area (Å²) in [5, 5.41) is 6.11. The van der Waals surface area contributed by atoms with Crippen LogP contribution < -0.4 is 10.6 Å². The van der Waals surface area contributed by atoms with Gasteiger partial charge in [-0.25, -0.2) is 4.39 Å². The standard InChI is InChI=1S/C12H14BrFN2O/c13-10-5-9(1-2-11(10)14)12(17)16-7-8-3-4-15-6-8/h1-2,5,8,15H,3-4,6-7H2,(H,16,17). The SMILES string of the molecule is O=C(NCC1CCNC1)c1ccc(F)c(Br)c1. The van der Waals surface area contributed by atoms with E-state index in [9.17, 15) is 9.18 Å². The minimum absolute atomic E-state index is 0.155. The second kappa shape index (κ2) is 5.60. The van der Waals surface area contributed by atoms with Gasteiger partial charge >= 0.3 is 0 Å². The summed E-state index contributed by atoms with van der Waals surface area (Å²) in [7, 11) is 0. The number of carbonyl (C=O) groups is 1. The van der Waals surface area contributed by atoms with Crippen LogP contribution in [0, 0.1) is 11.7 Å². The van der Waals surface area contributed by atoms with Gasteiger partial charge in [-0.3, -0.25) is 4.79 Å². The summed E-state index contributed by atoms with van der Waals surface area (Å²) in [4.78, 5) is 11.8. The third kappa shape index (κ3) is 3.26. The predicted molar refractivity (Wildman–Crippen MR) is 67.4 cm³/mol. The van der Waals surface area contributed by atoms with E-state index in [2.05, 4.69) is 26.6 Å². The Balaban J connectivity index is 1.92. The average molecular weight is 301 g/mol. The number of hydrogen-bond donors (Lipinski definition) is 2. The van der Waals surface area contributed by atoms with Crippen molar-refractivity contribution in [1.82, 2.24) is 10.6 Å². The number of hydrogen-bond acceptors (Lipinski definition) is 2. The smallest absolute Gasteiger partial charge is 0.251 e. The maximum Gasteiger partial charge on any atom is 0.251 e. The summed E-state index contributed by atoms with van der Waals surface area (Å²) in [6.07, 6.45) is 1.09. The Morgan fingerprint density at radius 3 is 3.06 bits per heavy atom. The Hall–Kier alpha value is -0.940. The van der Waals surface area contributed by atoms with E-state index in [-0.39, 0.29) is 11.7 Å². The molecule has 3 nitrogen and oxygen atoms in total. The minimum Gasteiger partial charge on any atom is -0.352 e. The van der Waals surface area contributed by atoms with Crippen LogP contribution in [0.15, 0.2) is 22.7 Å². The number of benzene rings is 1. The molecule has 1 fully saturated rings. The molecular formula is C12H14BrFN2O. The zero-order chi connectivity index (χ0) is 12.3. The van der Waals surface area contributed by atoms with Crippen LogP contribution >= 0.6 is 15.9 Å². The highest BCUT2D eigenvalue weighted by Crippen LogP contribution is 2.16. The summed E-state index contributed by atoms with van der Waals surface area (Å²) in [5.74, 6) is -0.0121. The maximum absolute atomic E-state index is 13.0. The Morgan fingerprint density at radius 1 is 1.59 bits per heavy atom. The van der Waals surface area contributed by atoms with E-state index in [1.54, 1.807) is 0 Å². The number of rotatable bonds is 3. The lowest BCUT2D eigenvalue weighted by Crippen LogP contribution is -2.30. The largest absolute Gasteiger partial charge is 0.352 e. The van der Waals surface area contributed by atoms with E-state index in [1.807, 2.05) is 0 Å². The van der Waals surface area contributed by atoms with Crippen LogP contribution in [0.2, 0.25) is 0 Å². The van der Waals surface area contributed by atoms with Crippen LogP contribution in [0.4, 0.5) is 4.39 Å². The van der Waals surface area contributed by atoms with Crippen LogP contribution in [0.1, 0.15) is 16.8 Å². The van der Waals surface area contributed by atoms with Crippen molar-refractivity contribution in [2.24, 2.45) is 5.92 Å². The molecule has 1 aromatic rings. The van der Waals surface area contributed by atoms with Crippen molar-refractivity contribution in [3.8, 4) is 0 Å². The van der Waals surface area contributed by atoms with E-state index in [1.165, 1.54) is 18.2 Å². The highest BCUT2D eigenvalue weighted by atomic mass is 79.9. The van der Waals surface area contributed by atoms with Crippen molar-refractivity contribution in [2.45, 2.75) is 6.42 Å². The first kappa shape index (κ1) is 12.5. The second-order valence-corrected chi connectivity index (χ2v) is 5.05. The molecule has 0 bridgehead atoms. The molecule has 5 heteroatoms. The lowest BCUT2D eigenvalue weighted by Gasteiger charge is -2.10. The van der Waals surface area contributed by atoms with Gasteiger partial charge < -0.3 is 10.6 Å². The summed E-state index contributed by atoms with van der Waals surface area (Å²) in [5.41, 5.74) is 0.476. The third-order valence-electron chi connectivity index (χ3n) is 2.90. The van der Waals surface area contributed by atoms with Gasteiger partial charge in [0, 0.05) is 12.1 Å². The van der Waals surface area contributed by atoms with Gasteiger partial charge in [-0.1, -0.05) is 0 Å². The van der Waals surface area contributed by atoms with Crippen LogP contribution in [0.5, 0.6) is 0 Å².